The summed E-state index contributed by atoms with van der Waals surface area (Å²) in [5.41, 5.74) is 5.35. The third kappa shape index (κ3) is 8.18. The molecule has 4 rings (SSSR count). The van der Waals surface area contributed by atoms with E-state index in [4.69, 9.17) is 25.8 Å². The van der Waals surface area contributed by atoms with E-state index in [1.807, 2.05) is 78.9 Å². The Bertz CT molecular complexity index is 1280. The highest BCUT2D eigenvalue weighted by Gasteiger charge is 2.03. The lowest BCUT2D eigenvalue weighted by Gasteiger charge is -2.08. The summed E-state index contributed by atoms with van der Waals surface area (Å²) in [6.07, 6.45) is 1.55. The molecule has 0 aliphatic carbocycles. The molecule has 0 saturated heterocycles. The van der Waals surface area contributed by atoms with Crippen LogP contribution in [0, 0.1) is 0 Å². The van der Waals surface area contributed by atoms with Crippen molar-refractivity contribution in [3.63, 3.8) is 0 Å². The molecule has 0 fully saturated rings. The molecular formula is C29H25ClN2O4. The average Bonchev–Trinajstić information content (AvgIpc) is 2.92. The summed E-state index contributed by atoms with van der Waals surface area (Å²) in [6, 6.07) is 31.9. The Labute approximate surface area is 215 Å². The van der Waals surface area contributed by atoms with Crippen LogP contribution in [0.2, 0.25) is 5.02 Å². The highest BCUT2D eigenvalue weighted by molar-refractivity contribution is 6.30. The Morgan fingerprint density at radius 2 is 1.36 bits per heavy atom. The normalized spacial score (nSPS) is 10.7. The van der Waals surface area contributed by atoms with Gasteiger partial charge in [-0.15, -0.1) is 0 Å². The Morgan fingerprint density at radius 3 is 2.08 bits per heavy atom. The Hall–Kier alpha value is -4.29. The Morgan fingerprint density at radius 1 is 0.722 bits per heavy atom. The molecule has 36 heavy (non-hydrogen) atoms. The number of hydrogen-bond acceptors (Lipinski definition) is 5. The minimum Gasteiger partial charge on any atom is -0.489 e. The zero-order chi connectivity index (χ0) is 25.0. The predicted molar refractivity (Wildman–Crippen MR) is 141 cm³/mol. The van der Waals surface area contributed by atoms with Crippen molar-refractivity contribution in [3.8, 4) is 17.2 Å². The number of halogens is 1. The van der Waals surface area contributed by atoms with Gasteiger partial charge in [0.1, 0.15) is 30.5 Å². The van der Waals surface area contributed by atoms with Crippen LogP contribution in [0.5, 0.6) is 17.2 Å². The number of hydrazone groups is 1. The van der Waals surface area contributed by atoms with Crippen LogP contribution in [0.3, 0.4) is 0 Å². The highest BCUT2D eigenvalue weighted by atomic mass is 35.5. The number of nitrogens with one attached hydrogen (secondary N) is 1. The van der Waals surface area contributed by atoms with Crippen LogP contribution in [0.15, 0.2) is 108 Å². The number of carbonyl (C=O) groups is 1. The van der Waals surface area contributed by atoms with Crippen molar-refractivity contribution in [2.75, 3.05) is 6.61 Å². The van der Waals surface area contributed by atoms with Crippen molar-refractivity contribution in [1.82, 2.24) is 5.43 Å². The molecule has 4 aromatic rings. The van der Waals surface area contributed by atoms with Gasteiger partial charge >= 0.3 is 0 Å². The van der Waals surface area contributed by atoms with Gasteiger partial charge < -0.3 is 14.2 Å². The molecule has 7 heteroatoms. The van der Waals surface area contributed by atoms with E-state index in [0.717, 1.165) is 22.4 Å². The largest absolute Gasteiger partial charge is 0.489 e. The molecule has 0 bridgehead atoms. The molecule has 0 saturated carbocycles. The van der Waals surface area contributed by atoms with Gasteiger partial charge in [0.15, 0.2) is 6.61 Å². The van der Waals surface area contributed by atoms with E-state index in [-0.39, 0.29) is 12.5 Å². The lowest BCUT2D eigenvalue weighted by atomic mass is 10.2. The van der Waals surface area contributed by atoms with Gasteiger partial charge in [0.2, 0.25) is 0 Å². The summed E-state index contributed by atoms with van der Waals surface area (Å²) in [5.74, 6) is 1.61. The van der Waals surface area contributed by atoms with E-state index in [0.29, 0.717) is 29.7 Å². The molecule has 0 aromatic heterocycles. The molecular weight excluding hydrogens is 476 g/mol. The van der Waals surface area contributed by atoms with Crippen molar-refractivity contribution < 1.29 is 19.0 Å². The summed E-state index contributed by atoms with van der Waals surface area (Å²) in [5, 5.41) is 4.68. The second-order valence-electron chi connectivity index (χ2n) is 7.82. The van der Waals surface area contributed by atoms with Crippen LogP contribution < -0.4 is 19.6 Å². The van der Waals surface area contributed by atoms with Gasteiger partial charge in [-0.25, -0.2) is 5.43 Å². The van der Waals surface area contributed by atoms with Crippen LogP contribution in [0.4, 0.5) is 0 Å². The fraction of sp³-hybridized carbons (Fsp3) is 0.103. The molecule has 1 amide bonds. The molecule has 0 radical (unpaired) electrons. The van der Waals surface area contributed by atoms with E-state index >= 15 is 0 Å². The Kier molecular flexibility index (Phi) is 8.95. The van der Waals surface area contributed by atoms with E-state index in [1.54, 1.807) is 30.5 Å². The first kappa shape index (κ1) is 24.8. The van der Waals surface area contributed by atoms with Crippen LogP contribution in [0.25, 0.3) is 0 Å². The van der Waals surface area contributed by atoms with Crippen molar-refractivity contribution in [3.05, 3.63) is 125 Å². The van der Waals surface area contributed by atoms with Crippen LogP contribution in [0.1, 0.15) is 16.7 Å². The first-order chi connectivity index (χ1) is 17.6. The predicted octanol–water partition coefficient (Wildman–Crippen LogP) is 6.03. The maximum atomic E-state index is 12.1. The first-order valence-electron chi connectivity index (χ1n) is 11.3. The topological polar surface area (TPSA) is 69.2 Å². The Balaban J connectivity index is 1.18. The minimum atomic E-state index is -0.370. The van der Waals surface area contributed by atoms with Crippen molar-refractivity contribution in [2.24, 2.45) is 5.10 Å². The molecule has 0 atom stereocenters. The van der Waals surface area contributed by atoms with Gasteiger partial charge in [0, 0.05) is 5.02 Å². The van der Waals surface area contributed by atoms with Gasteiger partial charge in [-0.2, -0.15) is 5.10 Å². The number of benzene rings is 4. The van der Waals surface area contributed by atoms with Crippen molar-refractivity contribution >= 4 is 23.7 Å². The third-order valence-electron chi connectivity index (χ3n) is 5.02. The number of nitrogens with zero attached hydrogens (tertiary/aromatic N) is 1. The summed E-state index contributed by atoms with van der Waals surface area (Å²) < 4.78 is 17.1. The fourth-order valence-electron chi connectivity index (χ4n) is 3.16. The summed E-state index contributed by atoms with van der Waals surface area (Å²) >= 11 is 5.91. The second kappa shape index (κ2) is 13.0. The van der Waals surface area contributed by atoms with Gasteiger partial charge in [-0.3, -0.25) is 4.79 Å². The molecule has 1 N–H and O–H groups in total. The highest BCUT2D eigenvalue weighted by Crippen LogP contribution is 2.19. The smallest absolute Gasteiger partial charge is 0.277 e. The maximum absolute atomic E-state index is 12.1. The second-order valence-corrected chi connectivity index (χ2v) is 8.25. The van der Waals surface area contributed by atoms with E-state index in [2.05, 4.69) is 10.5 Å². The number of carbonyl (C=O) groups excluding carboxylic acids is 1. The van der Waals surface area contributed by atoms with Gasteiger partial charge in [-0.05, 0) is 65.2 Å². The number of ether oxygens (including phenoxy) is 3. The maximum Gasteiger partial charge on any atom is 0.277 e. The van der Waals surface area contributed by atoms with Crippen LogP contribution in [-0.2, 0) is 18.0 Å². The number of amides is 1. The molecule has 0 aliphatic heterocycles. The molecule has 182 valence electrons. The summed E-state index contributed by atoms with van der Waals surface area (Å²) in [6.45, 7) is 0.747. The van der Waals surface area contributed by atoms with E-state index < -0.39 is 0 Å². The zero-order valence-corrected chi connectivity index (χ0v) is 20.2. The quantitative estimate of drug-likeness (QED) is 0.202. The minimum absolute atomic E-state index is 0.161. The van der Waals surface area contributed by atoms with E-state index in [9.17, 15) is 4.79 Å². The van der Waals surface area contributed by atoms with Gasteiger partial charge in [0.25, 0.3) is 5.91 Å². The van der Waals surface area contributed by atoms with Crippen molar-refractivity contribution in [1.29, 1.82) is 0 Å². The van der Waals surface area contributed by atoms with Gasteiger partial charge in [0.05, 0.1) is 6.21 Å². The molecule has 6 nitrogen and oxygen atoms in total. The first-order valence-corrected chi connectivity index (χ1v) is 11.7. The average molecular weight is 501 g/mol. The standard InChI is InChI=1S/C29H25ClN2O4/c30-25-11-9-23(10-12-25)20-35-28-8-4-7-24(17-28)18-31-32-29(33)21-36-27-15-13-26(14-16-27)34-19-22-5-2-1-3-6-22/h1-18H,19-21H2,(H,32,33)/b31-18-. The number of hydrogen-bond donors (Lipinski definition) is 1. The SMILES string of the molecule is O=C(COc1ccc(OCc2ccccc2)cc1)N/N=C\c1cccc(OCc2ccc(Cl)cc2)c1. The molecule has 4 aromatic carbocycles. The molecule has 0 heterocycles. The molecule has 0 unspecified atom stereocenters. The summed E-state index contributed by atoms with van der Waals surface area (Å²) in [4.78, 5) is 12.1. The van der Waals surface area contributed by atoms with Crippen LogP contribution in [-0.4, -0.2) is 18.7 Å². The lowest BCUT2D eigenvalue weighted by molar-refractivity contribution is -0.123. The van der Waals surface area contributed by atoms with Gasteiger partial charge in [-0.1, -0.05) is 66.2 Å². The fourth-order valence-corrected chi connectivity index (χ4v) is 3.29. The zero-order valence-electron chi connectivity index (χ0n) is 19.5. The monoisotopic (exact) mass is 500 g/mol. The summed E-state index contributed by atoms with van der Waals surface area (Å²) in [7, 11) is 0. The number of rotatable bonds is 11. The molecule has 0 spiro atoms. The van der Waals surface area contributed by atoms with E-state index in [1.165, 1.54) is 0 Å². The molecule has 0 aliphatic rings. The van der Waals surface area contributed by atoms with Crippen LogP contribution >= 0.6 is 11.6 Å². The third-order valence-corrected chi connectivity index (χ3v) is 5.27. The van der Waals surface area contributed by atoms with Crippen molar-refractivity contribution in [2.45, 2.75) is 13.2 Å². The lowest BCUT2D eigenvalue weighted by Crippen LogP contribution is -2.24.